The normalized spacial score (nSPS) is 11.8. The maximum atomic E-state index is 13.4. The molecule has 1 aromatic carbocycles. The van der Waals surface area contributed by atoms with Crippen molar-refractivity contribution >= 4 is 35.0 Å². The number of alkyl halides is 2. The molecule has 92 valence electrons. The number of hydrogen-bond donors (Lipinski definition) is 0. The van der Waals surface area contributed by atoms with Crippen LogP contribution in [0.1, 0.15) is 12.5 Å². The van der Waals surface area contributed by atoms with Crippen LogP contribution in [0.2, 0.25) is 10.0 Å². The Hall–Kier alpha value is -1.13. The molecule has 0 radical (unpaired) electrons. The van der Waals surface area contributed by atoms with Gasteiger partial charge in [-0.2, -0.15) is 8.78 Å². The number of rotatable bonds is 4. The zero-order valence-corrected chi connectivity index (χ0v) is 10.4. The fraction of sp³-hybridized carbons (Fsp3) is 0.182. The summed E-state index contributed by atoms with van der Waals surface area (Å²) in [5.74, 6) is 0. The molecule has 0 aliphatic rings. The molecule has 0 saturated heterocycles. The largest absolute Gasteiger partial charge is 0.446 e. The lowest BCUT2D eigenvalue weighted by atomic mass is 10.1. The average Bonchev–Trinajstić information content (AvgIpc) is 2.24. The predicted molar refractivity (Wildman–Crippen MR) is 65.7 cm³/mol. The minimum Gasteiger partial charge on any atom is -0.319 e. The Kier molecular flexibility index (Phi) is 4.48. The van der Waals surface area contributed by atoms with Crippen molar-refractivity contribution in [3.8, 4) is 0 Å². The highest BCUT2D eigenvalue weighted by Crippen LogP contribution is 2.34. The first-order valence-electron chi connectivity index (χ1n) is 4.56. The highest BCUT2D eigenvalue weighted by Gasteiger charge is 2.37. The molecule has 0 heterocycles. The molecule has 0 aromatic heterocycles. The van der Waals surface area contributed by atoms with Gasteiger partial charge in [-0.25, -0.2) is 0 Å². The van der Waals surface area contributed by atoms with Gasteiger partial charge in [0.2, 0.25) is 0 Å². The molecular weight excluding hydrogens is 271 g/mol. The number of nitrogens with zero attached hydrogens (tertiary/aromatic N) is 1. The van der Waals surface area contributed by atoms with Gasteiger partial charge in [-0.05, 0) is 30.7 Å². The first kappa shape index (κ1) is 13.9. The van der Waals surface area contributed by atoms with Gasteiger partial charge < -0.3 is 4.84 Å². The van der Waals surface area contributed by atoms with Crippen LogP contribution in [-0.2, 0) is 4.84 Å². The Morgan fingerprint density at radius 3 is 2.35 bits per heavy atom. The molecule has 0 atom stereocenters. The minimum atomic E-state index is -3.61. The summed E-state index contributed by atoms with van der Waals surface area (Å²) in [6, 6.07) is 4.08. The van der Waals surface area contributed by atoms with E-state index < -0.39 is 11.7 Å². The molecule has 0 bridgehead atoms. The van der Waals surface area contributed by atoms with Gasteiger partial charge >= 0.3 is 6.11 Å². The summed E-state index contributed by atoms with van der Waals surface area (Å²) in [6.45, 7) is 4.72. The molecular formula is C11H9Cl2F2NO. The van der Waals surface area contributed by atoms with E-state index in [0.717, 1.165) is 6.21 Å². The van der Waals surface area contributed by atoms with Crippen molar-refractivity contribution in [2.75, 3.05) is 0 Å². The van der Waals surface area contributed by atoms with E-state index in [2.05, 4.69) is 16.6 Å². The zero-order valence-electron chi connectivity index (χ0n) is 8.88. The molecule has 0 aliphatic heterocycles. The van der Waals surface area contributed by atoms with E-state index in [1.165, 1.54) is 25.1 Å². The number of halogens is 4. The standard InChI is InChI=1S/C11H9Cl2F2NO/c1-3-16-17-11(14,15)7(2)8-4-9(12)6-10(13)5-8/h3-6H,2H2,1H3. The second-order valence-corrected chi connectivity index (χ2v) is 3.98. The molecule has 6 heteroatoms. The van der Waals surface area contributed by atoms with E-state index >= 15 is 0 Å². The lowest BCUT2D eigenvalue weighted by Crippen LogP contribution is -2.19. The first-order valence-corrected chi connectivity index (χ1v) is 5.32. The van der Waals surface area contributed by atoms with Gasteiger partial charge in [0, 0.05) is 16.3 Å². The summed E-state index contributed by atoms with van der Waals surface area (Å²) < 4.78 is 26.9. The van der Waals surface area contributed by atoms with Gasteiger partial charge in [0.1, 0.15) is 0 Å². The maximum absolute atomic E-state index is 13.4. The highest BCUT2D eigenvalue weighted by molar-refractivity contribution is 6.34. The molecule has 0 fully saturated rings. The van der Waals surface area contributed by atoms with Crippen LogP contribution in [0, 0.1) is 0 Å². The van der Waals surface area contributed by atoms with E-state index in [4.69, 9.17) is 23.2 Å². The monoisotopic (exact) mass is 279 g/mol. The first-order chi connectivity index (χ1) is 7.86. The fourth-order valence-corrected chi connectivity index (χ4v) is 1.60. The van der Waals surface area contributed by atoms with Crippen LogP contribution in [0.15, 0.2) is 29.9 Å². The third kappa shape index (κ3) is 3.68. The van der Waals surface area contributed by atoms with Crippen LogP contribution >= 0.6 is 23.2 Å². The topological polar surface area (TPSA) is 21.6 Å². The number of hydrogen-bond acceptors (Lipinski definition) is 2. The molecule has 1 rings (SSSR count). The minimum absolute atomic E-state index is 0.0961. The van der Waals surface area contributed by atoms with E-state index in [1.807, 2.05) is 0 Å². The van der Waals surface area contributed by atoms with Crippen molar-refractivity contribution in [2.24, 2.45) is 5.16 Å². The average molecular weight is 280 g/mol. The van der Waals surface area contributed by atoms with E-state index in [0.29, 0.717) is 0 Å². The van der Waals surface area contributed by atoms with Crippen LogP contribution in [-0.4, -0.2) is 12.3 Å². The van der Waals surface area contributed by atoms with Crippen molar-refractivity contribution < 1.29 is 13.6 Å². The lowest BCUT2D eigenvalue weighted by molar-refractivity contribution is -0.190. The fourth-order valence-electron chi connectivity index (χ4n) is 1.07. The molecule has 2 nitrogen and oxygen atoms in total. The highest BCUT2D eigenvalue weighted by atomic mass is 35.5. The second-order valence-electron chi connectivity index (χ2n) is 3.11. The summed E-state index contributed by atoms with van der Waals surface area (Å²) in [5.41, 5.74) is -0.466. The summed E-state index contributed by atoms with van der Waals surface area (Å²) in [5, 5.41) is 3.51. The van der Waals surface area contributed by atoms with Crippen LogP contribution < -0.4 is 0 Å². The molecule has 0 saturated carbocycles. The van der Waals surface area contributed by atoms with Crippen LogP contribution in [0.3, 0.4) is 0 Å². The maximum Gasteiger partial charge on any atom is 0.446 e. The van der Waals surface area contributed by atoms with Crippen molar-refractivity contribution in [1.29, 1.82) is 0 Å². The van der Waals surface area contributed by atoms with Crippen molar-refractivity contribution in [3.05, 3.63) is 40.4 Å². The Morgan fingerprint density at radius 1 is 1.35 bits per heavy atom. The Morgan fingerprint density at radius 2 is 1.88 bits per heavy atom. The summed E-state index contributed by atoms with van der Waals surface area (Å²) in [7, 11) is 0. The van der Waals surface area contributed by atoms with Gasteiger partial charge in [0.25, 0.3) is 0 Å². The third-order valence-corrected chi connectivity index (χ3v) is 2.27. The predicted octanol–water partition coefficient (Wildman–Crippen LogP) is 4.62. The second kappa shape index (κ2) is 5.47. The summed E-state index contributed by atoms with van der Waals surface area (Å²) in [4.78, 5) is 4.02. The summed E-state index contributed by atoms with van der Waals surface area (Å²) in [6.07, 6.45) is -2.51. The summed E-state index contributed by atoms with van der Waals surface area (Å²) >= 11 is 11.4. The molecule has 0 unspecified atom stereocenters. The van der Waals surface area contributed by atoms with E-state index in [1.54, 1.807) is 0 Å². The van der Waals surface area contributed by atoms with E-state index in [-0.39, 0.29) is 15.6 Å². The van der Waals surface area contributed by atoms with Gasteiger partial charge in [-0.1, -0.05) is 34.9 Å². The van der Waals surface area contributed by atoms with Crippen LogP contribution in [0.25, 0.3) is 5.57 Å². The smallest absolute Gasteiger partial charge is 0.319 e. The molecule has 0 aliphatic carbocycles. The van der Waals surface area contributed by atoms with Gasteiger partial charge in [-0.15, -0.1) is 0 Å². The number of benzene rings is 1. The van der Waals surface area contributed by atoms with Crippen molar-refractivity contribution in [1.82, 2.24) is 0 Å². The quantitative estimate of drug-likeness (QED) is 0.582. The van der Waals surface area contributed by atoms with E-state index in [9.17, 15) is 8.78 Å². The molecule has 0 spiro atoms. The Balaban J connectivity index is 3.03. The molecule has 0 N–H and O–H groups in total. The van der Waals surface area contributed by atoms with Crippen molar-refractivity contribution in [3.63, 3.8) is 0 Å². The van der Waals surface area contributed by atoms with Crippen LogP contribution in [0.4, 0.5) is 8.78 Å². The Bertz CT molecular complexity index is 441. The SMILES string of the molecule is C=C(c1cc(Cl)cc(Cl)c1)C(F)(F)ON=CC. The van der Waals surface area contributed by atoms with Gasteiger partial charge in [0.15, 0.2) is 0 Å². The zero-order chi connectivity index (χ0) is 13.1. The third-order valence-electron chi connectivity index (χ3n) is 1.84. The lowest BCUT2D eigenvalue weighted by Gasteiger charge is -2.16. The van der Waals surface area contributed by atoms with Crippen molar-refractivity contribution in [2.45, 2.75) is 13.0 Å². The van der Waals surface area contributed by atoms with Gasteiger partial charge in [0.05, 0.1) is 5.57 Å². The molecule has 0 amide bonds. The van der Waals surface area contributed by atoms with Crippen LogP contribution in [0.5, 0.6) is 0 Å². The van der Waals surface area contributed by atoms with Gasteiger partial charge in [-0.3, -0.25) is 0 Å². The number of oxime groups is 1. The molecule has 1 aromatic rings. The molecule has 17 heavy (non-hydrogen) atoms. The Labute approximate surface area is 107 Å².